The summed E-state index contributed by atoms with van der Waals surface area (Å²) in [6, 6.07) is 4.43. The van der Waals surface area contributed by atoms with E-state index in [0.29, 0.717) is 10.2 Å². The lowest BCUT2D eigenvalue weighted by atomic mass is 9.67. The number of anilines is 1. The number of fused-ring (bicyclic) bond motifs is 1. The van der Waals surface area contributed by atoms with Crippen molar-refractivity contribution in [1.82, 2.24) is 4.98 Å². The molecule has 1 aliphatic carbocycles. The molecule has 1 aromatic carbocycles. The van der Waals surface area contributed by atoms with Crippen molar-refractivity contribution in [2.24, 2.45) is 5.41 Å². The SMILES string of the molecule is CC1(C(=O)Nc2nc3ccc(C(=O)O)cc3s2)CC(F)(F)C1. The summed E-state index contributed by atoms with van der Waals surface area (Å²) in [5.74, 6) is -4.32. The van der Waals surface area contributed by atoms with Crippen LogP contribution in [0.3, 0.4) is 0 Å². The maximum atomic E-state index is 13.0. The van der Waals surface area contributed by atoms with Gasteiger partial charge in [-0.1, -0.05) is 18.3 Å². The van der Waals surface area contributed by atoms with Gasteiger partial charge in [0.2, 0.25) is 11.8 Å². The van der Waals surface area contributed by atoms with Gasteiger partial charge in [0.05, 0.1) is 21.2 Å². The molecule has 0 radical (unpaired) electrons. The Morgan fingerprint density at radius 2 is 2.05 bits per heavy atom. The zero-order valence-electron chi connectivity index (χ0n) is 11.5. The highest BCUT2D eigenvalue weighted by Crippen LogP contribution is 2.52. The summed E-state index contributed by atoms with van der Waals surface area (Å²) in [7, 11) is 0. The van der Waals surface area contributed by atoms with E-state index in [1.807, 2.05) is 0 Å². The lowest BCUT2D eigenvalue weighted by Gasteiger charge is -2.42. The Hall–Kier alpha value is -2.09. The van der Waals surface area contributed by atoms with Crippen molar-refractivity contribution in [2.75, 3.05) is 5.32 Å². The number of carboxylic acids is 1. The minimum Gasteiger partial charge on any atom is -0.478 e. The molecular weight excluding hydrogens is 314 g/mol. The first-order valence-electron chi connectivity index (χ1n) is 6.52. The molecule has 5 nitrogen and oxygen atoms in total. The second kappa shape index (κ2) is 4.70. The van der Waals surface area contributed by atoms with Gasteiger partial charge in [-0.25, -0.2) is 18.6 Å². The fraction of sp³-hybridized carbons (Fsp3) is 0.357. The number of carboxylic acid groups (broad SMARTS) is 1. The number of hydrogen-bond donors (Lipinski definition) is 2. The summed E-state index contributed by atoms with van der Waals surface area (Å²) < 4.78 is 26.6. The molecule has 3 rings (SSSR count). The number of nitrogens with zero attached hydrogens (tertiary/aromatic N) is 1. The minimum absolute atomic E-state index is 0.125. The van der Waals surface area contributed by atoms with Gasteiger partial charge in [0.15, 0.2) is 5.13 Å². The molecule has 8 heteroatoms. The van der Waals surface area contributed by atoms with Gasteiger partial charge in [0.25, 0.3) is 0 Å². The molecule has 1 aliphatic rings. The zero-order valence-corrected chi connectivity index (χ0v) is 12.3. The molecule has 22 heavy (non-hydrogen) atoms. The highest BCUT2D eigenvalue weighted by molar-refractivity contribution is 7.22. The number of thiazole rings is 1. The van der Waals surface area contributed by atoms with Crippen LogP contribution in [0.2, 0.25) is 0 Å². The Morgan fingerprint density at radius 3 is 2.64 bits per heavy atom. The number of aromatic carboxylic acids is 1. The van der Waals surface area contributed by atoms with Crippen LogP contribution in [0.4, 0.5) is 13.9 Å². The zero-order chi connectivity index (χ0) is 16.1. The summed E-state index contributed by atoms with van der Waals surface area (Å²) in [6.45, 7) is 1.50. The van der Waals surface area contributed by atoms with Gasteiger partial charge in [0.1, 0.15) is 0 Å². The Labute approximate surface area is 128 Å². The van der Waals surface area contributed by atoms with E-state index in [4.69, 9.17) is 5.11 Å². The first-order valence-corrected chi connectivity index (χ1v) is 7.33. The van der Waals surface area contributed by atoms with Gasteiger partial charge >= 0.3 is 5.97 Å². The van der Waals surface area contributed by atoms with E-state index in [-0.39, 0.29) is 10.7 Å². The molecule has 0 saturated heterocycles. The minimum atomic E-state index is -2.78. The molecule has 1 saturated carbocycles. The lowest BCUT2D eigenvalue weighted by Crippen LogP contribution is -2.51. The summed E-state index contributed by atoms with van der Waals surface area (Å²) >= 11 is 1.11. The maximum Gasteiger partial charge on any atom is 0.335 e. The normalized spacial score (nSPS) is 18.7. The van der Waals surface area contributed by atoms with E-state index in [1.54, 1.807) is 6.07 Å². The van der Waals surface area contributed by atoms with Crippen molar-refractivity contribution in [3.8, 4) is 0 Å². The highest BCUT2D eigenvalue weighted by Gasteiger charge is 2.57. The van der Waals surface area contributed by atoms with E-state index < -0.39 is 36.1 Å². The van der Waals surface area contributed by atoms with E-state index in [2.05, 4.69) is 10.3 Å². The number of rotatable bonds is 3. The summed E-state index contributed by atoms with van der Waals surface area (Å²) in [5, 5.41) is 11.8. The topological polar surface area (TPSA) is 79.3 Å². The van der Waals surface area contributed by atoms with Crippen molar-refractivity contribution in [2.45, 2.75) is 25.7 Å². The molecule has 0 unspecified atom stereocenters. The standard InChI is InChI=1S/C14H12F2N2O3S/c1-13(5-14(15,16)6-13)11(21)18-12-17-8-3-2-7(10(19)20)4-9(8)22-12/h2-4H,5-6H2,1H3,(H,19,20)(H,17,18,21). The number of hydrogen-bond acceptors (Lipinski definition) is 4. The average molecular weight is 326 g/mol. The third-order valence-electron chi connectivity index (χ3n) is 3.70. The van der Waals surface area contributed by atoms with Gasteiger partial charge in [-0.3, -0.25) is 4.79 Å². The molecule has 0 bridgehead atoms. The van der Waals surface area contributed by atoms with Crippen LogP contribution in [0.15, 0.2) is 18.2 Å². The number of halogens is 2. The van der Waals surface area contributed by atoms with Crippen LogP contribution in [0, 0.1) is 5.41 Å². The molecule has 2 N–H and O–H groups in total. The molecule has 1 amide bonds. The molecule has 0 atom stereocenters. The van der Waals surface area contributed by atoms with E-state index in [0.717, 1.165) is 11.3 Å². The second-order valence-electron chi connectivity index (χ2n) is 5.73. The third kappa shape index (κ3) is 2.54. The van der Waals surface area contributed by atoms with Gasteiger partial charge in [-0.15, -0.1) is 0 Å². The molecule has 2 aromatic rings. The number of aromatic nitrogens is 1. The first-order chi connectivity index (χ1) is 10.2. The number of amides is 1. The van der Waals surface area contributed by atoms with Crippen molar-refractivity contribution in [3.63, 3.8) is 0 Å². The number of nitrogens with one attached hydrogen (secondary N) is 1. The smallest absolute Gasteiger partial charge is 0.335 e. The molecule has 116 valence electrons. The Kier molecular flexibility index (Phi) is 3.17. The first kappa shape index (κ1) is 14.8. The third-order valence-corrected chi connectivity index (χ3v) is 4.64. The summed E-state index contributed by atoms with van der Waals surface area (Å²) in [6.07, 6.45) is -0.945. The fourth-order valence-electron chi connectivity index (χ4n) is 2.61. The van der Waals surface area contributed by atoms with E-state index in [9.17, 15) is 18.4 Å². The fourth-order valence-corrected chi connectivity index (χ4v) is 3.51. The van der Waals surface area contributed by atoms with Crippen molar-refractivity contribution in [3.05, 3.63) is 23.8 Å². The maximum absolute atomic E-state index is 13.0. The van der Waals surface area contributed by atoms with Gasteiger partial charge in [-0.2, -0.15) is 0 Å². The quantitative estimate of drug-likeness (QED) is 0.906. The van der Waals surface area contributed by atoms with Gasteiger partial charge < -0.3 is 10.4 Å². The number of carbonyl (C=O) groups is 2. The molecule has 0 aliphatic heterocycles. The second-order valence-corrected chi connectivity index (χ2v) is 6.76. The van der Waals surface area contributed by atoms with Crippen LogP contribution in [0.1, 0.15) is 30.1 Å². The predicted octanol–water partition coefficient (Wildman–Crippen LogP) is 3.37. The van der Waals surface area contributed by atoms with Crippen LogP contribution in [0.5, 0.6) is 0 Å². The Balaban J connectivity index is 1.80. The van der Waals surface area contributed by atoms with Gasteiger partial charge in [0, 0.05) is 12.8 Å². The number of benzene rings is 1. The van der Waals surface area contributed by atoms with Crippen molar-refractivity contribution >= 4 is 38.6 Å². The lowest BCUT2D eigenvalue weighted by molar-refractivity contribution is -0.170. The van der Waals surface area contributed by atoms with Crippen molar-refractivity contribution in [1.29, 1.82) is 0 Å². The van der Waals surface area contributed by atoms with Crippen LogP contribution in [0.25, 0.3) is 10.2 Å². The Bertz CT molecular complexity index is 779. The van der Waals surface area contributed by atoms with Crippen LogP contribution < -0.4 is 5.32 Å². The monoisotopic (exact) mass is 326 g/mol. The summed E-state index contributed by atoms with van der Waals surface area (Å²) in [4.78, 5) is 27.2. The summed E-state index contributed by atoms with van der Waals surface area (Å²) in [5.41, 5.74) is -0.415. The number of alkyl halides is 2. The predicted molar refractivity (Wildman–Crippen MR) is 77.5 cm³/mol. The largest absolute Gasteiger partial charge is 0.478 e. The van der Waals surface area contributed by atoms with Crippen molar-refractivity contribution < 1.29 is 23.5 Å². The molecule has 0 spiro atoms. The molecular formula is C14H12F2N2O3S. The average Bonchev–Trinajstić information content (AvgIpc) is 2.77. The van der Waals surface area contributed by atoms with Crippen LogP contribution in [-0.2, 0) is 4.79 Å². The molecule has 1 aromatic heterocycles. The number of carbonyl (C=O) groups excluding carboxylic acids is 1. The Morgan fingerprint density at radius 1 is 1.36 bits per heavy atom. The molecule has 1 fully saturated rings. The highest BCUT2D eigenvalue weighted by atomic mass is 32.1. The van der Waals surface area contributed by atoms with Crippen LogP contribution in [-0.4, -0.2) is 27.9 Å². The van der Waals surface area contributed by atoms with E-state index >= 15 is 0 Å². The van der Waals surface area contributed by atoms with Crippen LogP contribution >= 0.6 is 11.3 Å². The molecule has 1 heterocycles. The van der Waals surface area contributed by atoms with Gasteiger partial charge in [-0.05, 0) is 18.2 Å². The van der Waals surface area contributed by atoms with E-state index in [1.165, 1.54) is 19.1 Å².